The van der Waals surface area contributed by atoms with Gasteiger partial charge in [-0.1, -0.05) is 0 Å². The minimum Gasteiger partial charge on any atom is -0.394 e. The van der Waals surface area contributed by atoms with Gasteiger partial charge >= 0.3 is 0 Å². The number of ether oxygens (including phenoxy) is 15. The molecule has 8 heterocycles. The number of carbonyl (C=O) groups excluding carboxylic acids is 2. The average Bonchev–Trinajstić information content (AvgIpc) is 0.777. The van der Waals surface area contributed by atoms with Crippen molar-refractivity contribution in [3.05, 3.63) is 0 Å². The molecule has 552 valence electrons. The van der Waals surface area contributed by atoms with E-state index in [9.17, 15) is 132 Å². The van der Waals surface area contributed by atoms with Gasteiger partial charge < -0.3 is 204 Å². The number of carbonyl (C=O) groups is 2. The van der Waals surface area contributed by atoms with Gasteiger partial charge in [-0.15, -0.1) is 0 Å². The van der Waals surface area contributed by atoms with Crippen molar-refractivity contribution in [2.24, 2.45) is 0 Å². The molecule has 8 aliphatic rings. The van der Waals surface area contributed by atoms with E-state index in [0.29, 0.717) is 0 Å². The fraction of sp³-hybridized carbons (Fsp3) is 0.962. The summed E-state index contributed by atoms with van der Waals surface area (Å²) in [6, 6.07) is -3.50. The van der Waals surface area contributed by atoms with Crippen LogP contribution < -0.4 is 10.6 Å². The molecule has 0 bridgehead atoms. The van der Waals surface area contributed by atoms with Gasteiger partial charge in [0.2, 0.25) is 11.8 Å². The minimum absolute atomic E-state index is 0.768. The van der Waals surface area contributed by atoms with Crippen LogP contribution in [0.3, 0.4) is 0 Å². The van der Waals surface area contributed by atoms with Crippen molar-refractivity contribution in [3.63, 3.8) is 0 Å². The molecule has 40 atom stereocenters. The first-order valence-corrected chi connectivity index (χ1v) is 30.1. The van der Waals surface area contributed by atoms with Gasteiger partial charge in [0.25, 0.3) is 0 Å². The zero-order valence-electron chi connectivity index (χ0n) is 50.4. The Labute approximate surface area is 536 Å². The van der Waals surface area contributed by atoms with Gasteiger partial charge in [0, 0.05) is 13.8 Å². The van der Waals surface area contributed by atoms with Gasteiger partial charge in [-0.2, -0.15) is 0 Å². The highest BCUT2D eigenvalue weighted by Gasteiger charge is 2.59. The zero-order chi connectivity index (χ0) is 69.9. The first-order chi connectivity index (χ1) is 44.9. The molecule has 2 amide bonds. The third-order valence-corrected chi connectivity index (χ3v) is 17.4. The third-order valence-electron chi connectivity index (χ3n) is 17.4. The molecule has 43 nitrogen and oxygen atoms in total. The summed E-state index contributed by atoms with van der Waals surface area (Å²) in [4.78, 5) is 24.9. The second-order valence-electron chi connectivity index (χ2n) is 23.9. The lowest BCUT2D eigenvalue weighted by molar-refractivity contribution is -0.400. The molecule has 0 aromatic rings. The van der Waals surface area contributed by atoms with Gasteiger partial charge in [0.15, 0.2) is 50.3 Å². The van der Waals surface area contributed by atoms with Gasteiger partial charge in [-0.05, 0) is 0 Å². The van der Waals surface area contributed by atoms with E-state index in [1.54, 1.807) is 0 Å². The maximum atomic E-state index is 12.8. The molecule has 8 aliphatic heterocycles. The largest absolute Gasteiger partial charge is 0.394 e. The van der Waals surface area contributed by atoms with Crippen molar-refractivity contribution in [2.75, 3.05) is 52.9 Å². The van der Waals surface area contributed by atoms with Crippen molar-refractivity contribution in [1.82, 2.24) is 10.6 Å². The summed E-state index contributed by atoms with van der Waals surface area (Å²) in [5.41, 5.74) is 0. The third kappa shape index (κ3) is 17.0. The SMILES string of the molecule is CC(=O)N[C@H]1[C@H](O[C@H]2[C@H](O)[C@@H](NC(C)=O)C(O)O[C@@H]2CO)O[C@H](CO)[C@@H](O[C@@H]2O[C@H](CO[C@H]3O[C@H](CO[C@H]4O[C@H](CO)[C@@H](O)[C@H](O)[C@@H]4O)[C@@H](O)[C@H](O)[C@@H]3O[C@H]3O[C@H](CO)[C@@H](O)[C@H](O)[C@@H]3O)[C@@H](O)[C@H](O[C@H]3O[C@H](CO)[C@@H](O)[C@H](O)[C@@H]3O[C@H]3O[C@H](CO)[C@@H](O)[C@H](O)[C@H]3O)[C@@H]2O)[C@@H]1O. The summed E-state index contributed by atoms with van der Waals surface area (Å²) < 4.78 is 86.9. The lowest BCUT2D eigenvalue weighted by atomic mass is 9.94. The van der Waals surface area contributed by atoms with E-state index in [1.807, 2.05) is 0 Å². The molecule has 8 rings (SSSR count). The molecule has 0 aliphatic carbocycles. The summed E-state index contributed by atoms with van der Waals surface area (Å²) >= 11 is 0. The van der Waals surface area contributed by atoms with E-state index in [1.165, 1.54) is 0 Å². The molecular formula is C52H88N2O41. The van der Waals surface area contributed by atoms with Gasteiger partial charge in [-0.25, -0.2) is 0 Å². The molecule has 8 fully saturated rings. The van der Waals surface area contributed by atoms with E-state index < -0.39 is 310 Å². The highest BCUT2D eigenvalue weighted by atomic mass is 16.8. The van der Waals surface area contributed by atoms with Crippen LogP contribution in [0.5, 0.6) is 0 Å². The second kappa shape index (κ2) is 33.9. The van der Waals surface area contributed by atoms with E-state index in [4.69, 9.17) is 71.1 Å². The molecule has 0 aromatic carbocycles. The first kappa shape index (κ1) is 78.1. The predicted molar refractivity (Wildman–Crippen MR) is 288 cm³/mol. The van der Waals surface area contributed by atoms with Crippen LogP contribution in [-0.2, 0) is 80.6 Å². The van der Waals surface area contributed by atoms with Crippen LogP contribution >= 0.6 is 0 Å². The Morgan fingerprint density at radius 2 is 0.579 bits per heavy atom. The molecule has 26 N–H and O–H groups in total. The second-order valence-corrected chi connectivity index (χ2v) is 23.9. The zero-order valence-corrected chi connectivity index (χ0v) is 50.4. The van der Waals surface area contributed by atoms with Gasteiger partial charge in [0.1, 0.15) is 195 Å². The average molecular weight is 1400 g/mol. The summed E-state index contributed by atoms with van der Waals surface area (Å²) in [5.74, 6) is -1.68. The van der Waals surface area contributed by atoms with E-state index in [2.05, 4.69) is 10.6 Å². The lowest BCUT2D eigenvalue weighted by Gasteiger charge is -2.51. The Morgan fingerprint density at radius 1 is 0.274 bits per heavy atom. The molecule has 1 unspecified atom stereocenters. The smallest absolute Gasteiger partial charge is 0.217 e. The van der Waals surface area contributed by atoms with Crippen LogP contribution in [-0.4, -0.2) is 433 Å². The quantitative estimate of drug-likeness (QED) is 0.0427. The van der Waals surface area contributed by atoms with E-state index >= 15 is 0 Å². The van der Waals surface area contributed by atoms with E-state index in [0.717, 1.165) is 13.8 Å². The summed E-state index contributed by atoms with van der Waals surface area (Å²) in [6.07, 6.45) is -78.1. The van der Waals surface area contributed by atoms with E-state index in [-0.39, 0.29) is 0 Å². The number of amides is 2. The maximum Gasteiger partial charge on any atom is 0.217 e. The normalized spacial score (nSPS) is 50.8. The van der Waals surface area contributed by atoms with Gasteiger partial charge in [0.05, 0.1) is 52.9 Å². The maximum absolute atomic E-state index is 12.8. The molecule has 0 aromatic heterocycles. The summed E-state index contributed by atoms with van der Waals surface area (Å²) in [6.45, 7) is -6.29. The molecule has 0 saturated carbocycles. The van der Waals surface area contributed by atoms with Crippen molar-refractivity contribution in [2.45, 2.75) is 259 Å². The Bertz CT molecular complexity index is 2380. The van der Waals surface area contributed by atoms with Crippen LogP contribution in [0.15, 0.2) is 0 Å². The van der Waals surface area contributed by atoms with Crippen molar-refractivity contribution >= 4 is 11.8 Å². The topological polar surface area (TPSA) is 682 Å². The lowest BCUT2D eigenvalue weighted by Crippen LogP contribution is -2.70. The Kier molecular flexibility index (Phi) is 27.9. The number of aliphatic hydroxyl groups is 24. The minimum atomic E-state index is -2.50. The Balaban J connectivity index is 1.13. The summed E-state index contributed by atoms with van der Waals surface area (Å²) in [7, 11) is 0. The molecular weight excluding hydrogens is 1310 g/mol. The number of nitrogens with one attached hydrogen (secondary N) is 2. The standard InChI is InChI=1S/C52H88N2O41/c1-11(61)53-21-29(69)40(17(7-59)83-45(21)80)91-46-22(54-12(2)62)30(70)41(18(8-60)88-46)92-50-39(79)42(93-52-44(34(74)26(66)16(6-58)87-52)95-49-38(78)33(73)25(65)15(5-57)86-49)28(68)20(89-50)10-82-51-43(94-48-37(77)32(72)24(64)14(4-56)85-48)35(75)27(67)19(90-51)9-81-47-36(76)31(71)23(63)13(3-55)84-47/h13-52,55-60,63-80H,3-10H2,1-2H3,(H,53,61)(H,54,62)/t13-,14-,15-,16-,17-,18-,19-,20-,21-,22-,23-,24-,25-,26-,27-,28-,29-,30-,31+,32+,33+,34+,35+,36+,37+,38-,39+,40-,41-,42+,43+,44+,45?,46+,47+,48-,49-,50+,51+,52-/m1/s1. The predicted octanol–water partition coefficient (Wildman–Crippen LogP) is -18.2. The molecule has 0 radical (unpaired) electrons. The van der Waals surface area contributed by atoms with Crippen molar-refractivity contribution < 1.29 is 203 Å². The molecule has 43 heteroatoms. The highest BCUT2D eigenvalue weighted by molar-refractivity contribution is 5.73. The Morgan fingerprint density at radius 3 is 1.05 bits per heavy atom. The number of hydrogen-bond acceptors (Lipinski definition) is 41. The van der Waals surface area contributed by atoms with Crippen LogP contribution in [0.1, 0.15) is 13.8 Å². The van der Waals surface area contributed by atoms with Crippen LogP contribution in [0.2, 0.25) is 0 Å². The van der Waals surface area contributed by atoms with Gasteiger partial charge in [-0.3, -0.25) is 9.59 Å². The number of hydrogen-bond donors (Lipinski definition) is 26. The fourth-order valence-electron chi connectivity index (χ4n) is 12.0. The fourth-order valence-corrected chi connectivity index (χ4v) is 12.0. The van der Waals surface area contributed by atoms with Crippen molar-refractivity contribution in [1.29, 1.82) is 0 Å². The molecule has 8 saturated heterocycles. The van der Waals surface area contributed by atoms with Crippen LogP contribution in [0.25, 0.3) is 0 Å². The molecule has 0 spiro atoms. The first-order valence-electron chi connectivity index (χ1n) is 30.1. The van der Waals surface area contributed by atoms with Crippen molar-refractivity contribution in [3.8, 4) is 0 Å². The summed E-state index contributed by atoms with van der Waals surface area (Å²) in [5, 5.41) is 266. The number of rotatable bonds is 24. The molecule has 95 heavy (non-hydrogen) atoms. The van der Waals surface area contributed by atoms with Crippen LogP contribution in [0, 0.1) is 0 Å². The number of aliphatic hydroxyl groups excluding tert-OH is 24. The monoisotopic (exact) mass is 1400 g/mol. The highest BCUT2D eigenvalue weighted by Crippen LogP contribution is 2.38. The Hall–Kier alpha value is -2.62. The van der Waals surface area contributed by atoms with Crippen LogP contribution in [0.4, 0.5) is 0 Å².